The van der Waals surface area contributed by atoms with Gasteiger partial charge in [-0.1, -0.05) is 0 Å². The van der Waals surface area contributed by atoms with E-state index >= 15 is 0 Å². The van der Waals surface area contributed by atoms with E-state index in [1.54, 1.807) is 17.7 Å². The molecule has 0 atom stereocenters. The quantitative estimate of drug-likeness (QED) is 0.783. The minimum Gasteiger partial charge on any atom is -0.328 e. The van der Waals surface area contributed by atoms with Crippen molar-refractivity contribution in [3.63, 3.8) is 0 Å². The lowest BCUT2D eigenvalue weighted by molar-refractivity contribution is 0.891. The van der Waals surface area contributed by atoms with E-state index in [1.165, 1.54) is 4.88 Å². The molecule has 2 aromatic rings. The highest BCUT2D eigenvalue weighted by atomic mass is 79.9. The number of aryl methyl sites for hydroxylation is 1. The second-order valence-corrected chi connectivity index (χ2v) is 5.20. The van der Waals surface area contributed by atoms with E-state index in [0.29, 0.717) is 0 Å². The van der Waals surface area contributed by atoms with Crippen molar-refractivity contribution in [3.05, 3.63) is 26.8 Å². The molecule has 5 heteroatoms. The SMILES string of the molecule is Cn1cnc(-c2cc(Br)cs2)c1Br. The van der Waals surface area contributed by atoms with Crippen LogP contribution in [-0.2, 0) is 7.05 Å². The molecule has 0 aliphatic rings. The maximum absolute atomic E-state index is 4.30. The van der Waals surface area contributed by atoms with Crippen LogP contribution < -0.4 is 0 Å². The summed E-state index contributed by atoms with van der Waals surface area (Å²) in [5, 5.41) is 2.05. The Hall–Kier alpha value is -0.130. The summed E-state index contributed by atoms with van der Waals surface area (Å²) in [5.74, 6) is 0. The van der Waals surface area contributed by atoms with Gasteiger partial charge in [-0.2, -0.15) is 0 Å². The molecule has 0 amide bonds. The van der Waals surface area contributed by atoms with Crippen LogP contribution in [0.1, 0.15) is 0 Å². The lowest BCUT2D eigenvalue weighted by Crippen LogP contribution is -1.82. The third-order valence-electron chi connectivity index (χ3n) is 1.67. The Morgan fingerprint density at radius 2 is 2.23 bits per heavy atom. The Balaban J connectivity index is 2.52. The number of hydrogen-bond acceptors (Lipinski definition) is 2. The van der Waals surface area contributed by atoms with Crippen LogP contribution in [-0.4, -0.2) is 9.55 Å². The highest BCUT2D eigenvalue weighted by Gasteiger charge is 2.09. The lowest BCUT2D eigenvalue weighted by atomic mass is 10.4. The van der Waals surface area contributed by atoms with Gasteiger partial charge in [-0.3, -0.25) is 0 Å². The van der Waals surface area contributed by atoms with Crippen LogP contribution in [0, 0.1) is 0 Å². The van der Waals surface area contributed by atoms with Crippen molar-refractivity contribution in [3.8, 4) is 10.6 Å². The molecule has 0 aliphatic carbocycles. The first-order valence-corrected chi connectivity index (χ1v) is 6.06. The molecule has 0 unspecified atom stereocenters. The Bertz CT molecular complexity index is 433. The highest BCUT2D eigenvalue weighted by Crippen LogP contribution is 2.33. The number of thiophene rings is 1. The van der Waals surface area contributed by atoms with Gasteiger partial charge in [-0.05, 0) is 37.9 Å². The van der Waals surface area contributed by atoms with Gasteiger partial charge in [-0.15, -0.1) is 11.3 Å². The third-order valence-corrected chi connectivity index (χ3v) is 4.30. The van der Waals surface area contributed by atoms with Crippen molar-refractivity contribution in [1.29, 1.82) is 0 Å². The molecule has 2 heterocycles. The summed E-state index contributed by atoms with van der Waals surface area (Å²) in [6.45, 7) is 0. The largest absolute Gasteiger partial charge is 0.328 e. The Morgan fingerprint density at radius 1 is 1.46 bits per heavy atom. The van der Waals surface area contributed by atoms with Crippen LogP contribution in [0.25, 0.3) is 10.6 Å². The van der Waals surface area contributed by atoms with Gasteiger partial charge in [0.15, 0.2) is 0 Å². The van der Waals surface area contributed by atoms with Gasteiger partial charge in [-0.25, -0.2) is 4.98 Å². The minimum absolute atomic E-state index is 0.998. The van der Waals surface area contributed by atoms with Crippen LogP contribution in [0.2, 0.25) is 0 Å². The van der Waals surface area contributed by atoms with Gasteiger partial charge in [0.05, 0.1) is 11.2 Å². The first kappa shape index (κ1) is 9.43. The number of rotatable bonds is 1. The van der Waals surface area contributed by atoms with Gasteiger partial charge >= 0.3 is 0 Å². The molecule has 2 nitrogen and oxygen atoms in total. The average molecular weight is 322 g/mol. The smallest absolute Gasteiger partial charge is 0.113 e. The van der Waals surface area contributed by atoms with Crippen LogP contribution in [0.15, 0.2) is 26.8 Å². The van der Waals surface area contributed by atoms with Gasteiger partial charge < -0.3 is 4.57 Å². The fraction of sp³-hybridized carbons (Fsp3) is 0.125. The predicted octanol–water partition coefficient (Wildman–Crippen LogP) is 3.67. The molecule has 13 heavy (non-hydrogen) atoms. The number of halogens is 2. The first-order valence-electron chi connectivity index (χ1n) is 3.59. The van der Waals surface area contributed by atoms with Gasteiger partial charge in [0.25, 0.3) is 0 Å². The molecular weight excluding hydrogens is 316 g/mol. The van der Waals surface area contributed by atoms with E-state index in [0.717, 1.165) is 14.8 Å². The predicted molar refractivity (Wildman–Crippen MR) is 61.9 cm³/mol. The zero-order valence-electron chi connectivity index (χ0n) is 6.79. The van der Waals surface area contributed by atoms with E-state index in [1.807, 2.05) is 11.6 Å². The topological polar surface area (TPSA) is 17.8 Å². The van der Waals surface area contributed by atoms with Gasteiger partial charge in [0.2, 0.25) is 0 Å². The van der Waals surface area contributed by atoms with Crippen molar-refractivity contribution in [2.24, 2.45) is 7.05 Å². The molecule has 2 aromatic heterocycles. The zero-order valence-corrected chi connectivity index (χ0v) is 10.8. The second-order valence-electron chi connectivity index (χ2n) is 2.62. The zero-order chi connectivity index (χ0) is 9.42. The summed E-state index contributed by atoms with van der Waals surface area (Å²) in [6, 6.07) is 2.07. The van der Waals surface area contributed by atoms with Crippen molar-refractivity contribution in [2.45, 2.75) is 0 Å². The molecular formula is C8H6Br2N2S. The Morgan fingerprint density at radius 3 is 2.69 bits per heavy atom. The maximum atomic E-state index is 4.30. The maximum Gasteiger partial charge on any atom is 0.113 e. The van der Waals surface area contributed by atoms with Crippen molar-refractivity contribution < 1.29 is 0 Å². The number of nitrogens with zero attached hydrogens (tertiary/aromatic N) is 2. The van der Waals surface area contributed by atoms with Crippen LogP contribution in [0.5, 0.6) is 0 Å². The molecule has 0 aliphatic heterocycles. The van der Waals surface area contributed by atoms with E-state index in [4.69, 9.17) is 0 Å². The molecule has 0 N–H and O–H groups in total. The third kappa shape index (κ3) is 1.73. The lowest BCUT2D eigenvalue weighted by Gasteiger charge is -1.93. The molecule has 0 saturated heterocycles. The highest BCUT2D eigenvalue weighted by molar-refractivity contribution is 9.10. The van der Waals surface area contributed by atoms with Crippen molar-refractivity contribution in [1.82, 2.24) is 9.55 Å². The molecule has 0 radical (unpaired) electrons. The molecule has 0 bridgehead atoms. The molecule has 68 valence electrons. The molecule has 2 rings (SSSR count). The van der Waals surface area contributed by atoms with Crippen LogP contribution in [0.3, 0.4) is 0 Å². The van der Waals surface area contributed by atoms with Crippen molar-refractivity contribution in [2.75, 3.05) is 0 Å². The van der Waals surface area contributed by atoms with Gasteiger partial charge in [0, 0.05) is 16.9 Å². The summed E-state index contributed by atoms with van der Waals surface area (Å²) in [7, 11) is 1.96. The number of imidazole rings is 1. The van der Waals surface area contributed by atoms with Gasteiger partial charge in [0.1, 0.15) is 10.3 Å². The van der Waals surface area contributed by atoms with E-state index in [9.17, 15) is 0 Å². The monoisotopic (exact) mass is 320 g/mol. The molecule has 0 fully saturated rings. The normalized spacial score (nSPS) is 10.7. The fourth-order valence-corrected chi connectivity index (χ4v) is 2.98. The van der Waals surface area contributed by atoms with Crippen LogP contribution in [0.4, 0.5) is 0 Å². The summed E-state index contributed by atoms with van der Waals surface area (Å²) < 4.78 is 4.06. The van der Waals surface area contributed by atoms with Crippen LogP contribution >= 0.6 is 43.2 Å². The second kappa shape index (κ2) is 3.55. The Labute approximate surface area is 96.9 Å². The summed E-state index contributed by atoms with van der Waals surface area (Å²) in [6.07, 6.45) is 1.80. The molecule has 0 spiro atoms. The fourth-order valence-electron chi connectivity index (χ4n) is 1.02. The summed E-state index contributed by atoms with van der Waals surface area (Å²) in [5.41, 5.74) is 0.998. The first-order chi connectivity index (χ1) is 6.18. The molecule has 0 aromatic carbocycles. The molecule has 0 saturated carbocycles. The standard InChI is InChI=1S/C8H6Br2N2S/c1-12-4-11-7(8(12)10)6-2-5(9)3-13-6/h2-4H,1H3. The van der Waals surface area contributed by atoms with E-state index < -0.39 is 0 Å². The summed E-state index contributed by atoms with van der Waals surface area (Å²) >= 11 is 8.59. The summed E-state index contributed by atoms with van der Waals surface area (Å²) in [4.78, 5) is 5.47. The number of aromatic nitrogens is 2. The number of hydrogen-bond donors (Lipinski definition) is 0. The average Bonchev–Trinajstić information content (AvgIpc) is 2.62. The van der Waals surface area contributed by atoms with Crippen molar-refractivity contribution >= 4 is 43.2 Å². The van der Waals surface area contributed by atoms with E-state index in [-0.39, 0.29) is 0 Å². The van der Waals surface area contributed by atoms with E-state index in [2.05, 4.69) is 48.3 Å². The minimum atomic E-state index is 0.998. The Kier molecular flexibility index (Phi) is 2.58.